The van der Waals surface area contributed by atoms with Crippen LogP contribution in [0, 0.1) is 0 Å². The van der Waals surface area contributed by atoms with Gasteiger partial charge in [0.15, 0.2) is 6.10 Å². The van der Waals surface area contributed by atoms with Crippen LogP contribution in [0.4, 0.5) is 0 Å². The number of carbonyl (C=O) groups is 3. The van der Waals surface area contributed by atoms with E-state index in [2.05, 4.69) is 39.0 Å². The fourth-order valence-electron chi connectivity index (χ4n) is 8.60. The Morgan fingerprint density at radius 3 is 0.859 bits per heavy atom. The Morgan fingerprint density at radius 1 is 0.296 bits per heavy atom. The standard InChI is InChI=1S/C65H112O6/c1-4-7-10-13-16-19-22-25-28-31-32-35-37-40-43-46-49-52-55-58-64(67)70-61-62(71-65(68)59-56-53-50-47-44-41-38-34-30-27-24-21-18-15-12-9-6-3)60-69-63(66)57-54-51-48-45-42-39-36-33-29-26-23-20-17-14-11-8-5-2/h7,10,13,16,19,22,25,28,31-32,35,37,40,43,62H,4-6,8-9,11-12,14-15,17-18,20-21,23-24,26-27,29-30,33-34,36,38-39,41-42,44-61H2,1-3H3/b10-7-,16-13-,22-19-,28-25-,32-31+,37-35-,43-40-. The van der Waals surface area contributed by atoms with Crippen molar-refractivity contribution in [1.29, 1.82) is 0 Å². The van der Waals surface area contributed by atoms with Gasteiger partial charge in [-0.1, -0.05) is 318 Å². The minimum Gasteiger partial charge on any atom is -0.462 e. The molecule has 0 rings (SSSR count). The number of hydrogen-bond donors (Lipinski definition) is 0. The molecular weight excluding hydrogens is 877 g/mol. The minimum absolute atomic E-state index is 0.0876. The summed E-state index contributed by atoms with van der Waals surface area (Å²) in [7, 11) is 0. The Balaban J connectivity index is 4.45. The Hall–Kier alpha value is -3.41. The van der Waals surface area contributed by atoms with E-state index in [4.69, 9.17) is 14.2 Å². The molecule has 0 aliphatic carbocycles. The van der Waals surface area contributed by atoms with Crippen LogP contribution in [0.3, 0.4) is 0 Å². The summed E-state index contributed by atoms with van der Waals surface area (Å²) in [6.45, 7) is 6.49. The van der Waals surface area contributed by atoms with Gasteiger partial charge in [-0.25, -0.2) is 0 Å². The van der Waals surface area contributed by atoms with Crippen molar-refractivity contribution in [1.82, 2.24) is 0 Å². The number of allylic oxidation sites excluding steroid dienone is 14. The zero-order valence-corrected chi connectivity index (χ0v) is 46.7. The molecule has 0 bridgehead atoms. The topological polar surface area (TPSA) is 78.9 Å². The molecule has 1 atom stereocenters. The number of unbranched alkanes of at least 4 members (excludes halogenated alkanes) is 35. The predicted octanol–water partition coefficient (Wildman–Crippen LogP) is 20.3. The second-order valence-corrected chi connectivity index (χ2v) is 20.1. The fraction of sp³-hybridized carbons (Fsp3) is 0.738. The Morgan fingerprint density at radius 2 is 0.549 bits per heavy atom. The molecule has 0 amide bonds. The molecule has 0 radical (unpaired) electrons. The fourth-order valence-corrected chi connectivity index (χ4v) is 8.60. The smallest absolute Gasteiger partial charge is 0.306 e. The second kappa shape index (κ2) is 59.2. The van der Waals surface area contributed by atoms with E-state index in [1.165, 1.54) is 180 Å². The Kier molecular flexibility index (Phi) is 56.3. The van der Waals surface area contributed by atoms with Crippen LogP contribution in [0.5, 0.6) is 0 Å². The highest BCUT2D eigenvalue weighted by molar-refractivity contribution is 5.71. The Bertz CT molecular complexity index is 1370. The molecule has 0 fully saturated rings. The van der Waals surface area contributed by atoms with E-state index in [9.17, 15) is 14.4 Å². The summed E-state index contributed by atoms with van der Waals surface area (Å²) < 4.78 is 16.9. The van der Waals surface area contributed by atoms with Gasteiger partial charge < -0.3 is 14.2 Å². The molecule has 0 aromatic rings. The molecule has 0 saturated carbocycles. The molecule has 0 aromatic carbocycles. The van der Waals surface area contributed by atoms with Gasteiger partial charge in [0.1, 0.15) is 13.2 Å². The summed E-state index contributed by atoms with van der Waals surface area (Å²) in [6.07, 6.45) is 77.1. The van der Waals surface area contributed by atoms with Gasteiger partial charge in [-0.2, -0.15) is 0 Å². The van der Waals surface area contributed by atoms with Crippen molar-refractivity contribution in [3.05, 3.63) is 85.1 Å². The van der Waals surface area contributed by atoms with E-state index >= 15 is 0 Å². The first kappa shape index (κ1) is 67.6. The zero-order chi connectivity index (χ0) is 51.4. The van der Waals surface area contributed by atoms with Crippen molar-refractivity contribution in [2.24, 2.45) is 0 Å². The summed E-state index contributed by atoms with van der Waals surface area (Å²) in [4.78, 5) is 38.2. The van der Waals surface area contributed by atoms with Crippen molar-refractivity contribution in [2.75, 3.05) is 13.2 Å². The number of rotatable bonds is 54. The molecule has 6 heteroatoms. The average molecular weight is 990 g/mol. The molecule has 0 aliphatic heterocycles. The van der Waals surface area contributed by atoms with Crippen molar-refractivity contribution in [3.8, 4) is 0 Å². The van der Waals surface area contributed by atoms with Gasteiger partial charge in [-0.05, 0) is 38.5 Å². The Labute approximate surface area is 439 Å². The van der Waals surface area contributed by atoms with E-state index in [0.717, 1.165) is 70.6 Å². The highest BCUT2D eigenvalue weighted by Gasteiger charge is 2.19. The molecule has 0 saturated heterocycles. The third-order valence-electron chi connectivity index (χ3n) is 13.1. The molecule has 0 heterocycles. The predicted molar refractivity (Wildman–Crippen MR) is 307 cm³/mol. The van der Waals surface area contributed by atoms with Crippen LogP contribution in [-0.4, -0.2) is 37.2 Å². The molecule has 6 nitrogen and oxygen atoms in total. The molecule has 408 valence electrons. The highest BCUT2D eigenvalue weighted by atomic mass is 16.6. The van der Waals surface area contributed by atoms with E-state index in [1.807, 2.05) is 66.8 Å². The van der Waals surface area contributed by atoms with Gasteiger partial charge >= 0.3 is 17.9 Å². The van der Waals surface area contributed by atoms with Crippen LogP contribution in [-0.2, 0) is 28.6 Å². The van der Waals surface area contributed by atoms with Gasteiger partial charge in [0.05, 0.1) is 0 Å². The zero-order valence-electron chi connectivity index (χ0n) is 46.7. The first-order valence-corrected chi connectivity index (χ1v) is 30.2. The average Bonchev–Trinajstić information content (AvgIpc) is 3.37. The van der Waals surface area contributed by atoms with Crippen LogP contribution >= 0.6 is 0 Å². The minimum atomic E-state index is -0.793. The lowest BCUT2D eigenvalue weighted by atomic mass is 10.0. The molecule has 1 unspecified atom stereocenters. The van der Waals surface area contributed by atoms with Crippen molar-refractivity contribution >= 4 is 17.9 Å². The summed E-state index contributed by atoms with van der Waals surface area (Å²) in [5.41, 5.74) is 0. The van der Waals surface area contributed by atoms with E-state index in [0.29, 0.717) is 19.3 Å². The van der Waals surface area contributed by atoms with Crippen LogP contribution in [0.25, 0.3) is 0 Å². The van der Waals surface area contributed by atoms with Crippen LogP contribution < -0.4 is 0 Å². The van der Waals surface area contributed by atoms with Crippen LogP contribution in [0.1, 0.15) is 290 Å². The summed E-state index contributed by atoms with van der Waals surface area (Å²) in [5.74, 6) is -0.920. The molecule has 0 aliphatic rings. The van der Waals surface area contributed by atoms with E-state index < -0.39 is 6.10 Å². The second-order valence-electron chi connectivity index (χ2n) is 20.1. The lowest BCUT2D eigenvalue weighted by Gasteiger charge is -2.18. The molecule has 71 heavy (non-hydrogen) atoms. The number of carbonyl (C=O) groups excluding carboxylic acids is 3. The summed E-state index contributed by atoms with van der Waals surface area (Å²) in [5, 5.41) is 0. The maximum Gasteiger partial charge on any atom is 0.306 e. The lowest BCUT2D eigenvalue weighted by molar-refractivity contribution is -0.167. The van der Waals surface area contributed by atoms with Crippen LogP contribution in [0.2, 0.25) is 0 Å². The van der Waals surface area contributed by atoms with Gasteiger partial charge in [0.25, 0.3) is 0 Å². The van der Waals surface area contributed by atoms with Gasteiger partial charge in [-0.15, -0.1) is 0 Å². The normalized spacial score (nSPS) is 12.7. The third-order valence-corrected chi connectivity index (χ3v) is 13.1. The SMILES string of the molecule is CC\C=C/C=C\C=C/C=C\C=C\C=C/C=C\CCCCCC(=O)OCC(COC(=O)CCCCCCCCCCCCCCCCCCC)OC(=O)CCCCCCCCCCCCCCCCCCC. The maximum absolute atomic E-state index is 12.9. The number of hydrogen-bond acceptors (Lipinski definition) is 6. The third kappa shape index (κ3) is 57.4. The molecule has 0 aromatic heterocycles. The first-order valence-electron chi connectivity index (χ1n) is 30.2. The van der Waals surface area contributed by atoms with Crippen LogP contribution in [0.15, 0.2) is 85.1 Å². The lowest BCUT2D eigenvalue weighted by Crippen LogP contribution is -2.30. The largest absolute Gasteiger partial charge is 0.462 e. The monoisotopic (exact) mass is 989 g/mol. The maximum atomic E-state index is 12.9. The van der Waals surface area contributed by atoms with Gasteiger partial charge in [0, 0.05) is 19.3 Å². The quantitative estimate of drug-likeness (QED) is 0.0261. The summed E-state index contributed by atoms with van der Waals surface area (Å²) in [6, 6.07) is 0. The van der Waals surface area contributed by atoms with E-state index in [1.54, 1.807) is 0 Å². The number of esters is 3. The molecule has 0 N–H and O–H groups in total. The van der Waals surface area contributed by atoms with Gasteiger partial charge in [-0.3, -0.25) is 14.4 Å². The van der Waals surface area contributed by atoms with Crippen molar-refractivity contribution in [3.63, 3.8) is 0 Å². The van der Waals surface area contributed by atoms with Crippen molar-refractivity contribution < 1.29 is 28.6 Å². The van der Waals surface area contributed by atoms with Gasteiger partial charge in [0.2, 0.25) is 0 Å². The number of ether oxygens (including phenoxy) is 3. The summed E-state index contributed by atoms with van der Waals surface area (Å²) >= 11 is 0. The molecule has 0 spiro atoms. The van der Waals surface area contributed by atoms with Crippen molar-refractivity contribution in [2.45, 2.75) is 297 Å². The molecular formula is C65H112O6. The highest BCUT2D eigenvalue weighted by Crippen LogP contribution is 2.17. The first-order chi connectivity index (χ1) is 35.0. The van der Waals surface area contributed by atoms with E-state index in [-0.39, 0.29) is 31.1 Å².